The number of hydrogen-bond donors (Lipinski definition) is 1. The maximum Gasteiger partial charge on any atom is 0.244 e. The van der Waals surface area contributed by atoms with E-state index in [1.54, 1.807) is 12.1 Å². The Morgan fingerprint density at radius 1 is 1.32 bits per heavy atom. The molecular formula is C14H14N3O2+. The monoisotopic (exact) mass is 256 g/mol. The summed E-state index contributed by atoms with van der Waals surface area (Å²) >= 11 is 0. The second kappa shape index (κ2) is 4.05. The lowest BCUT2D eigenvalue weighted by Crippen LogP contribution is -2.37. The third-order valence-corrected chi connectivity index (χ3v) is 3.48. The second-order valence-electron chi connectivity index (χ2n) is 4.53. The summed E-state index contributed by atoms with van der Waals surface area (Å²) in [5.41, 5.74) is 2.94. The van der Waals surface area contributed by atoms with Crippen LogP contribution in [-0.4, -0.2) is 21.3 Å². The highest BCUT2D eigenvalue weighted by atomic mass is 16.4. The Kier molecular flexibility index (Phi) is 2.48. The number of aromatic nitrogens is 2. The standard InChI is InChI=1S/C14H13N3O2/c1-3-17-8-16(2)12-11(15-19)9-6-4-5-7-10(9)14(18)13(12)17/h4-8H,3H2,1-2H3/p+1. The molecule has 0 atom stereocenters. The molecule has 1 aliphatic carbocycles. The predicted molar refractivity (Wildman–Crippen MR) is 68.6 cm³/mol. The SMILES string of the molecule is CCn1c[n+](C)c2c1C(=O)c1ccccc1/C2=N/O. The average molecular weight is 256 g/mol. The van der Waals surface area contributed by atoms with E-state index in [1.807, 2.05) is 41.6 Å². The molecule has 0 aliphatic heterocycles. The third kappa shape index (κ3) is 1.44. The highest BCUT2D eigenvalue weighted by Crippen LogP contribution is 2.26. The Balaban J connectivity index is 2.39. The van der Waals surface area contributed by atoms with Crippen LogP contribution < -0.4 is 4.57 Å². The van der Waals surface area contributed by atoms with Gasteiger partial charge in [-0.2, -0.15) is 0 Å². The van der Waals surface area contributed by atoms with Gasteiger partial charge in [-0.25, -0.2) is 9.13 Å². The first-order chi connectivity index (χ1) is 9.19. The third-order valence-electron chi connectivity index (χ3n) is 3.48. The van der Waals surface area contributed by atoms with Crippen molar-refractivity contribution in [1.82, 2.24) is 4.57 Å². The number of ketones is 1. The van der Waals surface area contributed by atoms with Gasteiger partial charge in [-0.3, -0.25) is 4.79 Å². The normalized spacial score (nSPS) is 15.5. The maximum absolute atomic E-state index is 12.6. The molecule has 2 aromatic rings. The number of fused-ring (bicyclic) bond motifs is 2. The summed E-state index contributed by atoms with van der Waals surface area (Å²) in [6.07, 6.45) is 1.85. The molecule has 1 heterocycles. The van der Waals surface area contributed by atoms with E-state index in [2.05, 4.69) is 5.16 Å². The first-order valence-electron chi connectivity index (χ1n) is 6.14. The number of aryl methyl sites for hydroxylation is 2. The van der Waals surface area contributed by atoms with E-state index in [0.717, 1.165) is 0 Å². The van der Waals surface area contributed by atoms with E-state index in [9.17, 15) is 10.0 Å². The van der Waals surface area contributed by atoms with E-state index in [4.69, 9.17) is 0 Å². The molecule has 19 heavy (non-hydrogen) atoms. The van der Waals surface area contributed by atoms with Gasteiger partial charge < -0.3 is 5.21 Å². The zero-order valence-electron chi connectivity index (χ0n) is 10.8. The fraction of sp³-hybridized carbons (Fsp3) is 0.214. The highest BCUT2D eigenvalue weighted by Gasteiger charge is 2.38. The number of benzene rings is 1. The molecule has 0 saturated carbocycles. The molecule has 96 valence electrons. The van der Waals surface area contributed by atoms with Gasteiger partial charge in [0.05, 0.1) is 13.6 Å². The van der Waals surface area contributed by atoms with Gasteiger partial charge in [-0.15, -0.1) is 0 Å². The van der Waals surface area contributed by atoms with Crippen molar-refractivity contribution < 1.29 is 14.6 Å². The molecule has 0 radical (unpaired) electrons. The molecule has 1 N–H and O–H groups in total. The summed E-state index contributed by atoms with van der Waals surface area (Å²) < 4.78 is 3.69. The van der Waals surface area contributed by atoms with Gasteiger partial charge >= 0.3 is 0 Å². The fourth-order valence-corrected chi connectivity index (χ4v) is 2.63. The number of nitrogens with zero attached hydrogens (tertiary/aromatic N) is 3. The van der Waals surface area contributed by atoms with Crippen molar-refractivity contribution in [3.05, 3.63) is 53.1 Å². The van der Waals surface area contributed by atoms with Crippen molar-refractivity contribution in [2.24, 2.45) is 12.2 Å². The minimum atomic E-state index is -0.0274. The first kappa shape index (κ1) is 11.6. The quantitative estimate of drug-likeness (QED) is 0.403. The second-order valence-corrected chi connectivity index (χ2v) is 4.53. The number of rotatable bonds is 1. The van der Waals surface area contributed by atoms with Crippen molar-refractivity contribution in [3.8, 4) is 0 Å². The van der Waals surface area contributed by atoms with Crippen LogP contribution in [0.1, 0.15) is 34.2 Å². The van der Waals surface area contributed by atoms with Crippen LogP contribution >= 0.6 is 0 Å². The fourth-order valence-electron chi connectivity index (χ4n) is 2.63. The van der Waals surface area contributed by atoms with E-state index >= 15 is 0 Å². The zero-order chi connectivity index (χ0) is 13.6. The van der Waals surface area contributed by atoms with Gasteiger partial charge in [-0.1, -0.05) is 29.4 Å². The van der Waals surface area contributed by atoms with Crippen LogP contribution in [-0.2, 0) is 13.6 Å². The predicted octanol–water partition coefficient (Wildman–Crippen LogP) is 1.10. The van der Waals surface area contributed by atoms with Crippen molar-refractivity contribution in [2.75, 3.05) is 0 Å². The van der Waals surface area contributed by atoms with Gasteiger partial charge in [0.15, 0.2) is 5.71 Å². The zero-order valence-corrected chi connectivity index (χ0v) is 10.8. The van der Waals surface area contributed by atoms with E-state index in [1.165, 1.54) is 0 Å². The first-order valence-corrected chi connectivity index (χ1v) is 6.14. The molecule has 1 aromatic heterocycles. The van der Waals surface area contributed by atoms with Crippen LogP contribution in [0.5, 0.6) is 0 Å². The van der Waals surface area contributed by atoms with Gasteiger partial charge in [0.1, 0.15) is 0 Å². The summed E-state index contributed by atoms with van der Waals surface area (Å²) in [4.78, 5) is 12.6. The Hall–Kier alpha value is -2.43. The van der Waals surface area contributed by atoms with Gasteiger partial charge in [-0.05, 0) is 6.92 Å². The van der Waals surface area contributed by atoms with Crippen LogP contribution in [0.2, 0.25) is 0 Å². The van der Waals surface area contributed by atoms with Crippen molar-refractivity contribution in [2.45, 2.75) is 13.5 Å². The molecule has 5 nitrogen and oxygen atoms in total. The lowest BCUT2D eigenvalue weighted by atomic mass is 9.89. The maximum atomic E-state index is 12.6. The van der Waals surface area contributed by atoms with Gasteiger partial charge in [0.2, 0.25) is 23.5 Å². The summed E-state index contributed by atoms with van der Waals surface area (Å²) in [6.45, 7) is 2.67. The van der Waals surface area contributed by atoms with Crippen molar-refractivity contribution in [3.63, 3.8) is 0 Å². The molecule has 0 amide bonds. The Labute approximate surface area is 110 Å². The van der Waals surface area contributed by atoms with E-state index < -0.39 is 0 Å². The van der Waals surface area contributed by atoms with Crippen molar-refractivity contribution >= 4 is 11.5 Å². The summed E-state index contributed by atoms with van der Waals surface area (Å²) in [5.74, 6) is -0.0274. The summed E-state index contributed by atoms with van der Waals surface area (Å²) in [5, 5.41) is 12.7. The van der Waals surface area contributed by atoms with Crippen LogP contribution in [0.25, 0.3) is 0 Å². The average Bonchev–Trinajstić information content (AvgIpc) is 2.77. The van der Waals surface area contributed by atoms with Crippen LogP contribution in [0, 0.1) is 0 Å². The number of hydrogen-bond acceptors (Lipinski definition) is 3. The lowest BCUT2D eigenvalue weighted by molar-refractivity contribution is -0.672. The topological polar surface area (TPSA) is 58.5 Å². The molecule has 3 rings (SSSR count). The number of carbonyl (C=O) groups is 1. The minimum absolute atomic E-state index is 0.0274. The Bertz CT molecular complexity index is 713. The number of oxime groups is 1. The highest BCUT2D eigenvalue weighted by molar-refractivity contribution is 6.28. The smallest absolute Gasteiger partial charge is 0.244 e. The Morgan fingerprint density at radius 3 is 2.63 bits per heavy atom. The molecule has 1 aromatic carbocycles. The molecule has 0 spiro atoms. The molecule has 1 aliphatic rings. The molecule has 0 unspecified atom stereocenters. The number of imidazole rings is 1. The summed E-state index contributed by atoms with van der Waals surface area (Å²) in [6, 6.07) is 7.21. The summed E-state index contributed by atoms with van der Waals surface area (Å²) in [7, 11) is 1.84. The van der Waals surface area contributed by atoms with Crippen LogP contribution in [0.3, 0.4) is 0 Å². The minimum Gasteiger partial charge on any atom is -0.410 e. The lowest BCUT2D eigenvalue weighted by Gasteiger charge is -2.14. The molecule has 0 saturated heterocycles. The van der Waals surface area contributed by atoms with E-state index in [0.29, 0.717) is 34.8 Å². The number of carbonyl (C=O) groups excluding carboxylic acids is 1. The largest absolute Gasteiger partial charge is 0.410 e. The van der Waals surface area contributed by atoms with Gasteiger partial charge in [0.25, 0.3) is 0 Å². The van der Waals surface area contributed by atoms with Crippen molar-refractivity contribution in [1.29, 1.82) is 0 Å². The van der Waals surface area contributed by atoms with Crippen LogP contribution in [0.15, 0.2) is 35.7 Å². The van der Waals surface area contributed by atoms with Crippen LogP contribution in [0.4, 0.5) is 0 Å². The molecule has 0 bridgehead atoms. The molecular weight excluding hydrogens is 242 g/mol. The van der Waals surface area contributed by atoms with Gasteiger partial charge in [0, 0.05) is 11.1 Å². The molecule has 5 heteroatoms. The van der Waals surface area contributed by atoms with E-state index in [-0.39, 0.29) is 5.78 Å². The molecule has 0 fully saturated rings. The Morgan fingerprint density at radius 2 is 2.00 bits per heavy atom.